The minimum atomic E-state index is -0.280. The summed E-state index contributed by atoms with van der Waals surface area (Å²) in [6.45, 7) is 2.18. The van der Waals surface area contributed by atoms with Crippen LogP contribution in [0.3, 0.4) is 0 Å². The van der Waals surface area contributed by atoms with Crippen LogP contribution in [0.15, 0.2) is 60.9 Å². The molecule has 9 heteroatoms. The van der Waals surface area contributed by atoms with Crippen LogP contribution >= 0.6 is 11.3 Å². The Morgan fingerprint density at radius 3 is 2.71 bits per heavy atom. The van der Waals surface area contributed by atoms with Crippen LogP contribution in [-0.2, 0) is 4.79 Å². The summed E-state index contributed by atoms with van der Waals surface area (Å²) in [5.41, 5.74) is 1.01. The van der Waals surface area contributed by atoms with Gasteiger partial charge in [0, 0.05) is 20.2 Å². The maximum absolute atomic E-state index is 12.8. The smallest absolute Gasteiger partial charge is 0.272 e. The van der Waals surface area contributed by atoms with Crippen molar-refractivity contribution in [3.8, 4) is 16.5 Å². The fourth-order valence-electron chi connectivity index (χ4n) is 2.97. The van der Waals surface area contributed by atoms with Crippen molar-refractivity contribution in [2.45, 2.75) is 6.92 Å². The Morgan fingerprint density at radius 1 is 1.16 bits per heavy atom. The Bertz CT molecular complexity index is 1220. The van der Waals surface area contributed by atoms with E-state index in [-0.39, 0.29) is 11.8 Å². The molecule has 1 N–H and O–H groups in total. The summed E-state index contributed by atoms with van der Waals surface area (Å²) < 4.78 is 7.47. The number of ether oxygens (including phenoxy) is 1. The molecule has 0 spiro atoms. The van der Waals surface area contributed by atoms with Crippen LogP contribution in [0.25, 0.3) is 16.2 Å². The number of anilines is 1. The number of hydrogen-bond acceptors (Lipinski definition) is 6. The number of nitrogens with zero attached hydrogens (tertiary/aromatic N) is 4. The first-order valence-corrected chi connectivity index (χ1v) is 10.5. The van der Waals surface area contributed by atoms with Crippen LogP contribution in [0.5, 0.6) is 5.75 Å². The zero-order valence-electron chi connectivity index (χ0n) is 17.1. The van der Waals surface area contributed by atoms with Gasteiger partial charge in [-0.25, -0.2) is 9.97 Å². The highest BCUT2D eigenvalue weighted by Crippen LogP contribution is 2.31. The number of nitrogens with one attached hydrogen (secondary N) is 1. The molecule has 3 heterocycles. The highest BCUT2D eigenvalue weighted by atomic mass is 32.1. The zero-order chi connectivity index (χ0) is 21.8. The summed E-state index contributed by atoms with van der Waals surface area (Å²) in [5, 5.41) is 3.43. The van der Waals surface area contributed by atoms with E-state index >= 15 is 0 Å². The van der Waals surface area contributed by atoms with Crippen LogP contribution in [-0.4, -0.2) is 46.4 Å². The van der Waals surface area contributed by atoms with Crippen LogP contribution in [0.2, 0.25) is 0 Å². The lowest BCUT2D eigenvalue weighted by Gasteiger charge is -2.09. The number of carbonyl (C=O) groups excluding carboxylic acids is 2. The number of fused-ring (bicyclic) bond motifs is 1. The second-order valence-corrected chi connectivity index (χ2v) is 7.75. The molecular weight excluding hydrogens is 414 g/mol. The number of carbonyl (C=O) groups is 2. The summed E-state index contributed by atoms with van der Waals surface area (Å²) in [5.74, 6) is 0.967. The van der Waals surface area contributed by atoms with Crippen molar-refractivity contribution in [1.82, 2.24) is 19.7 Å². The molecule has 0 fully saturated rings. The molecule has 8 nitrogen and oxygen atoms in total. The first kappa shape index (κ1) is 20.5. The van der Waals surface area contributed by atoms with Crippen LogP contribution in [0.4, 0.5) is 5.13 Å². The molecule has 0 aliphatic carbocycles. The molecular formula is C22H21N5O3S. The normalized spacial score (nSPS) is 10.8. The maximum atomic E-state index is 12.8. The highest BCUT2D eigenvalue weighted by Gasteiger charge is 2.20. The number of hydrogen-bond donors (Lipinski definition) is 1. The number of rotatable bonds is 7. The van der Waals surface area contributed by atoms with Gasteiger partial charge < -0.3 is 10.1 Å². The van der Waals surface area contributed by atoms with Gasteiger partial charge in [-0.05, 0) is 24.3 Å². The standard InChI is InChI=1S/C22H21N5O3S/c1-15(28)26(2)22-24-14-18(31-22)20-25-19(17-10-6-7-12-27(17)20)21(29)23-11-13-30-16-8-4-3-5-9-16/h3-10,12,14H,11,13H2,1-2H3,(H,23,29). The summed E-state index contributed by atoms with van der Waals surface area (Å²) in [6.07, 6.45) is 3.51. The van der Waals surface area contributed by atoms with Crippen molar-refractivity contribution < 1.29 is 14.3 Å². The molecule has 0 radical (unpaired) electrons. The van der Waals surface area contributed by atoms with Crippen molar-refractivity contribution >= 4 is 33.8 Å². The van der Waals surface area contributed by atoms with E-state index in [1.165, 1.54) is 23.2 Å². The number of imidazole rings is 1. The Balaban J connectivity index is 1.52. The summed E-state index contributed by atoms with van der Waals surface area (Å²) in [6, 6.07) is 15.0. The van der Waals surface area contributed by atoms with Gasteiger partial charge in [0.2, 0.25) is 5.91 Å². The molecule has 1 aromatic carbocycles. The van der Waals surface area contributed by atoms with Gasteiger partial charge in [0.05, 0.1) is 23.1 Å². The number of thiazole rings is 1. The Hall–Kier alpha value is -3.72. The van der Waals surface area contributed by atoms with E-state index in [4.69, 9.17) is 4.74 Å². The fraction of sp³-hybridized carbons (Fsp3) is 0.182. The molecule has 31 heavy (non-hydrogen) atoms. The van der Waals surface area contributed by atoms with Gasteiger partial charge in [-0.3, -0.25) is 18.9 Å². The zero-order valence-corrected chi connectivity index (χ0v) is 17.9. The molecule has 0 aliphatic rings. The van der Waals surface area contributed by atoms with Gasteiger partial charge >= 0.3 is 0 Å². The monoisotopic (exact) mass is 435 g/mol. The van der Waals surface area contributed by atoms with Crippen molar-refractivity contribution in [2.75, 3.05) is 25.1 Å². The lowest BCUT2D eigenvalue weighted by atomic mass is 10.3. The molecule has 4 rings (SSSR count). The SMILES string of the molecule is CC(=O)N(C)c1ncc(-c2nc(C(=O)NCCOc3ccccc3)c3ccccn23)s1. The molecule has 0 saturated carbocycles. The second kappa shape index (κ2) is 8.97. The number of amides is 2. The average Bonchev–Trinajstić information content (AvgIpc) is 3.42. The largest absolute Gasteiger partial charge is 0.492 e. The quantitative estimate of drug-likeness (QED) is 0.450. The van der Waals surface area contributed by atoms with Crippen LogP contribution < -0.4 is 15.0 Å². The van der Waals surface area contributed by atoms with E-state index in [1.54, 1.807) is 13.2 Å². The third kappa shape index (κ3) is 4.41. The predicted octanol–water partition coefficient (Wildman–Crippen LogP) is 3.25. The maximum Gasteiger partial charge on any atom is 0.272 e. The minimum absolute atomic E-state index is 0.105. The van der Waals surface area contributed by atoms with Crippen molar-refractivity contribution in [1.29, 1.82) is 0 Å². The minimum Gasteiger partial charge on any atom is -0.492 e. The van der Waals surface area contributed by atoms with Crippen LogP contribution in [0, 0.1) is 0 Å². The van der Waals surface area contributed by atoms with E-state index in [2.05, 4.69) is 15.3 Å². The van der Waals surface area contributed by atoms with E-state index in [0.717, 1.165) is 10.6 Å². The lowest BCUT2D eigenvalue weighted by Crippen LogP contribution is -2.28. The molecule has 158 valence electrons. The summed E-state index contributed by atoms with van der Waals surface area (Å²) in [4.78, 5) is 35.6. The molecule has 2 amide bonds. The van der Waals surface area contributed by atoms with E-state index in [9.17, 15) is 9.59 Å². The number of aromatic nitrogens is 3. The first-order valence-electron chi connectivity index (χ1n) is 9.68. The van der Waals surface area contributed by atoms with Crippen molar-refractivity contribution in [2.24, 2.45) is 0 Å². The molecule has 4 aromatic rings. The van der Waals surface area contributed by atoms with E-state index in [0.29, 0.717) is 35.3 Å². The second-order valence-electron chi connectivity index (χ2n) is 6.74. The van der Waals surface area contributed by atoms with E-state index < -0.39 is 0 Å². The molecule has 0 saturated heterocycles. The van der Waals surface area contributed by atoms with Gasteiger partial charge in [-0.2, -0.15) is 0 Å². The fourth-order valence-corrected chi connectivity index (χ4v) is 3.88. The van der Waals surface area contributed by atoms with Gasteiger partial charge in [0.25, 0.3) is 5.91 Å². The Kier molecular flexibility index (Phi) is 5.94. The first-order chi connectivity index (χ1) is 15.0. The predicted molar refractivity (Wildman–Crippen MR) is 120 cm³/mol. The summed E-state index contributed by atoms with van der Waals surface area (Å²) in [7, 11) is 1.67. The third-order valence-corrected chi connectivity index (χ3v) is 5.71. The average molecular weight is 436 g/mol. The molecule has 0 atom stereocenters. The topological polar surface area (TPSA) is 88.8 Å². The van der Waals surface area contributed by atoms with E-state index in [1.807, 2.05) is 59.1 Å². The van der Waals surface area contributed by atoms with Gasteiger partial charge in [0.15, 0.2) is 16.6 Å². The summed E-state index contributed by atoms with van der Waals surface area (Å²) >= 11 is 1.34. The highest BCUT2D eigenvalue weighted by molar-refractivity contribution is 7.19. The Morgan fingerprint density at radius 2 is 1.94 bits per heavy atom. The lowest BCUT2D eigenvalue weighted by molar-refractivity contribution is -0.116. The van der Waals surface area contributed by atoms with Crippen molar-refractivity contribution in [3.63, 3.8) is 0 Å². The number of para-hydroxylation sites is 1. The number of pyridine rings is 1. The van der Waals surface area contributed by atoms with Gasteiger partial charge in [0.1, 0.15) is 12.4 Å². The molecule has 0 bridgehead atoms. The van der Waals surface area contributed by atoms with Crippen molar-refractivity contribution in [3.05, 3.63) is 66.6 Å². The Labute approximate surface area is 183 Å². The molecule has 0 unspecified atom stereocenters. The number of benzene rings is 1. The van der Waals surface area contributed by atoms with Gasteiger partial charge in [-0.15, -0.1) is 0 Å². The molecule has 0 aliphatic heterocycles. The van der Waals surface area contributed by atoms with Crippen LogP contribution in [0.1, 0.15) is 17.4 Å². The third-order valence-electron chi connectivity index (χ3n) is 4.64. The van der Waals surface area contributed by atoms with Gasteiger partial charge in [-0.1, -0.05) is 35.6 Å². The molecule has 3 aromatic heterocycles.